The monoisotopic (exact) mass is 285 g/mol. The van der Waals surface area contributed by atoms with Crippen molar-refractivity contribution in [3.05, 3.63) is 36.0 Å². The van der Waals surface area contributed by atoms with Crippen molar-refractivity contribution < 1.29 is 4.74 Å². The smallest absolute Gasteiger partial charge is 0.161 e. The summed E-state index contributed by atoms with van der Waals surface area (Å²) in [5.74, 6) is 2.53. The fraction of sp³-hybridized carbons (Fsp3) is 0.412. The number of nitrogens with zero attached hydrogens (tertiary/aromatic N) is 2. The van der Waals surface area contributed by atoms with Crippen molar-refractivity contribution in [3.8, 4) is 17.1 Å². The average molecular weight is 285 g/mol. The summed E-state index contributed by atoms with van der Waals surface area (Å²) in [5.41, 5.74) is 2.06. The van der Waals surface area contributed by atoms with Gasteiger partial charge in [0, 0.05) is 23.9 Å². The van der Waals surface area contributed by atoms with Crippen LogP contribution < -0.4 is 10.1 Å². The second-order valence-corrected chi connectivity index (χ2v) is 4.81. The highest BCUT2D eigenvalue weighted by molar-refractivity contribution is 5.58. The Morgan fingerprint density at radius 3 is 2.43 bits per heavy atom. The van der Waals surface area contributed by atoms with Crippen LogP contribution in [0.5, 0.6) is 5.75 Å². The van der Waals surface area contributed by atoms with Crippen LogP contribution in [0.15, 0.2) is 30.3 Å². The lowest BCUT2D eigenvalue weighted by Gasteiger charge is -2.09. The molecule has 0 aliphatic carbocycles. The summed E-state index contributed by atoms with van der Waals surface area (Å²) in [6, 6.07) is 9.94. The minimum atomic E-state index is 0.673. The number of hydrogen-bond donors (Lipinski definition) is 1. The number of aryl methyl sites for hydroxylation is 1. The molecule has 0 aliphatic rings. The van der Waals surface area contributed by atoms with Crippen LogP contribution in [-0.2, 0) is 6.42 Å². The lowest BCUT2D eigenvalue weighted by molar-refractivity contribution is 0.340. The average Bonchev–Trinajstić information content (AvgIpc) is 2.53. The van der Waals surface area contributed by atoms with Crippen LogP contribution in [0.1, 0.15) is 32.9 Å². The van der Waals surface area contributed by atoms with Gasteiger partial charge in [0.15, 0.2) is 5.82 Å². The van der Waals surface area contributed by atoms with E-state index in [1.807, 2.05) is 37.3 Å². The lowest BCUT2D eigenvalue weighted by atomic mass is 10.2. The van der Waals surface area contributed by atoms with Crippen molar-refractivity contribution in [1.82, 2.24) is 9.97 Å². The van der Waals surface area contributed by atoms with E-state index in [2.05, 4.69) is 29.1 Å². The van der Waals surface area contributed by atoms with Crippen LogP contribution in [0.4, 0.5) is 5.82 Å². The van der Waals surface area contributed by atoms with Crippen LogP contribution in [0.3, 0.4) is 0 Å². The molecule has 0 spiro atoms. The van der Waals surface area contributed by atoms with Gasteiger partial charge in [-0.1, -0.05) is 13.8 Å². The number of benzene rings is 1. The molecule has 4 nitrogen and oxygen atoms in total. The Kier molecular flexibility index (Phi) is 5.55. The first-order valence-corrected chi connectivity index (χ1v) is 7.61. The largest absolute Gasteiger partial charge is 0.494 e. The zero-order valence-electron chi connectivity index (χ0n) is 13.0. The summed E-state index contributed by atoms with van der Waals surface area (Å²) >= 11 is 0. The van der Waals surface area contributed by atoms with Crippen molar-refractivity contribution >= 4 is 5.82 Å². The molecule has 0 amide bonds. The Morgan fingerprint density at radius 2 is 1.81 bits per heavy atom. The van der Waals surface area contributed by atoms with Gasteiger partial charge in [0.1, 0.15) is 11.6 Å². The third-order valence-electron chi connectivity index (χ3n) is 3.12. The van der Waals surface area contributed by atoms with Crippen molar-refractivity contribution in [2.24, 2.45) is 0 Å². The van der Waals surface area contributed by atoms with Gasteiger partial charge in [0.25, 0.3) is 0 Å². The summed E-state index contributed by atoms with van der Waals surface area (Å²) in [6.07, 6.45) is 1.97. The van der Waals surface area contributed by atoms with Gasteiger partial charge in [-0.3, -0.25) is 0 Å². The normalized spacial score (nSPS) is 10.4. The number of rotatable bonds is 7. The first-order valence-electron chi connectivity index (χ1n) is 7.61. The molecule has 0 unspecified atom stereocenters. The number of anilines is 1. The van der Waals surface area contributed by atoms with Crippen LogP contribution in [0.2, 0.25) is 0 Å². The maximum Gasteiger partial charge on any atom is 0.161 e. The molecule has 0 atom stereocenters. The van der Waals surface area contributed by atoms with E-state index in [-0.39, 0.29) is 0 Å². The minimum absolute atomic E-state index is 0.673. The Balaban J connectivity index is 2.28. The van der Waals surface area contributed by atoms with Gasteiger partial charge in [-0.05, 0) is 44.0 Å². The molecule has 4 heteroatoms. The van der Waals surface area contributed by atoms with Crippen LogP contribution in [0.25, 0.3) is 11.4 Å². The molecule has 0 bridgehead atoms. The maximum absolute atomic E-state index is 5.47. The number of aromatic nitrogens is 2. The molecule has 2 aromatic rings. The predicted octanol–water partition coefficient (Wildman–Crippen LogP) is 3.93. The molecule has 0 aliphatic heterocycles. The summed E-state index contributed by atoms with van der Waals surface area (Å²) in [4.78, 5) is 9.22. The molecule has 1 aromatic carbocycles. The van der Waals surface area contributed by atoms with Gasteiger partial charge in [0.2, 0.25) is 0 Å². The first kappa shape index (κ1) is 15.3. The van der Waals surface area contributed by atoms with Crippen molar-refractivity contribution in [2.45, 2.75) is 33.6 Å². The zero-order chi connectivity index (χ0) is 15.1. The third kappa shape index (κ3) is 4.18. The standard InChI is InChI=1S/C17H23N3O/c1-4-11-18-16-12-14(5-2)19-17(20-16)13-7-9-15(10-8-13)21-6-3/h7-10,12H,4-6,11H2,1-3H3,(H,18,19,20). The predicted molar refractivity (Wildman–Crippen MR) is 86.8 cm³/mol. The SMILES string of the molecule is CCCNc1cc(CC)nc(-c2ccc(OCC)cc2)n1. The van der Waals surface area contributed by atoms with Crippen LogP contribution in [0, 0.1) is 0 Å². The summed E-state index contributed by atoms with van der Waals surface area (Å²) in [6.45, 7) is 7.82. The van der Waals surface area contributed by atoms with Gasteiger partial charge in [-0.15, -0.1) is 0 Å². The van der Waals surface area contributed by atoms with Crippen LogP contribution >= 0.6 is 0 Å². The van der Waals surface area contributed by atoms with Gasteiger partial charge in [-0.25, -0.2) is 9.97 Å². The molecule has 1 heterocycles. The molecule has 1 aromatic heterocycles. The van der Waals surface area contributed by atoms with Gasteiger partial charge in [0.05, 0.1) is 6.61 Å². The molecule has 21 heavy (non-hydrogen) atoms. The third-order valence-corrected chi connectivity index (χ3v) is 3.12. The van der Waals surface area contributed by atoms with E-state index in [1.54, 1.807) is 0 Å². The fourth-order valence-electron chi connectivity index (χ4n) is 2.02. The van der Waals surface area contributed by atoms with E-state index in [0.717, 1.165) is 48.0 Å². The van der Waals surface area contributed by atoms with E-state index in [1.165, 1.54) is 0 Å². The van der Waals surface area contributed by atoms with E-state index in [9.17, 15) is 0 Å². The molecule has 0 saturated carbocycles. The van der Waals surface area contributed by atoms with E-state index in [0.29, 0.717) is 6.61 Å². The van der Waals surface area contributed by atoms with E-state index >= 15 is 0 Å². The number of hydrogen-bond acceptors (Lipinski definition) is 4. The Hall–Kier alpha value is -2.10. The van der Waals surface area contributed by atoms with Gasteiger partial charge in [-0.2, -0.15) is 0 Å². The van der Waals surface area contributed by atoms with Gasteiger partial charge >= 0.3 is 0 Å². The molecule has 0 fully saturated rings. The molecule has 0 saturated heterocycles. The lowest BCUT2D eigenvalue weighted by Crippen LogP contribution is -2.05. The second-order valence-electron chi connectivity index (χ2n) is 4.81. The topological polar surface area (TPSA) is 47.0 Å². The number of ether oxygens (including phenoxy) is 1. The molecular formula is C17H23N3O. The van der Waals surface area contributed by atoms with E-state index in [4.69, 9.17) is 4.74 Å². The van der Waals surface area contributed by atoms with E-state index < -0.39 is 0 Å². The Bertz CT molecular complexity index is 567. The molecule has 1 N–H and O–H groups in total. The van der Waals surface area contributed by atoms with Crippen molar-refractivity contribution in [1.29, 1.82) is 0 Å². The van der Waals surface area contributed by atoms with Crippen molar-refractivity contribution in [2.75, 3.05) is 18.5 Å². The summed E-state index contributed by atoms with van der Waals surface area (Å²) in [5, 5.41) is 3.34. The summed E-state index contributed by atoms with van der Waals surface area (Å²) < 4.78 is 5.47. The number of nitrogens with one attached hydrogen (secondary N) is 1. The van der Waals surface area contributed by atoms with Crippen molar-refractivity contribution in [3.63, 3.8) is 0 Å². The fourth-order valence-corrected chi connectivity index (χ4v) is 2.02. The highest BCUT2D eigenvalue weighted by Crippen LogP contribution is 2.21. The molecule has 112 valence electrons. The quantitative estimate of drug-likeness (QED) is 0.837. The van der Waals surface area contributed by atoms with Gasteiger partial charge < -0.3 is 10.1 Å². The molecule has 0 radical (unpaired) electrons. The first-order chi connectivity index (χ1) is 10.3. The molecule has 2 rings (SSSR count). The maximum atomic E-state index is 5.47. The second kappa shape index (κ2) is 7.62. The highest BCUT2D eigenvalue weighted by atomic mass is 16.5. The van der Waals surface area contributed by atoms with Crippen LogP contribution in [-0.4, -0.2) is 23.1 Å². The summed E-state index contributed by atoms with van der Waals surface area (Å²) in [7, 11) is 0. The Labute approximate surface area is 126 Å². The Morgan fingerprint density at radius 1 is 1.05 bits per heavy atom. The highest BCUT2D eigenvalue weighted by Gasteiger charge is 2.06. The minimum Gasteiger partial charge on any atom is -0.494 e. The molecular weight excluding hydrogens is 262 g/mol. The zero-order valence-corrected chi connectivity index (χ0v) is 13.0.